The van der Waals surface area contributed by atoms with Crippen LogP contribution in [0.25, 0.3) is 0 Å². The summed E-state index contributed by atoms with van der Waals surface area (Å²) in [6, 6.07) is 1.34. The highest BCUT2D eigenvalue weighted by molar-refractivity contribution is 4.93. The first kappa shape index (κ1) is 12.9. The fourth-order valence-electron chi connectivity index (χ4n) is 3.67. The molecule has 2 atom stereocenters. The van der Waals surface area contributed by atoms with Crippen LogP contribution in [0.15, 0.2) is 0 Å². The Morgan fingerprint density at radius 2 is 1.94 bits per heavy atom. The number of nitrogens with one attached hydrogen (secondary N) is 1. The third-order valence-corrected chi connectivity index (χ3v) is 4.76. The molecule has 2 unspecified atom stereocenters. The van der Waals surface area contributed by atoms with Gasteiger partial charge in [-0.05, 0) is 45.7 Å². The molecule has 3 aliphatic heterocycles. The van der Waals surface area contributed by atoms with Crippen LogP contribution in [0.5, 0.6) is 0 Å². The summed E-state index contributed by atoms with van der Waals surface area (Å²) in [6.45, 7) is 5.10. The van der Waals surface area contributed by atoms with Crippen molar-refractivity contribution < 1.29 is 9.47 Å². The van der Waals surface area contributed by atoms with Crippen molar-refractivity contribution in [1.29, 1.82) is 0 Å². The van der Waals surface area contributed by atoms with E-state index in [1.165, 1.54) is 32.4 Å². The molecule has 4 nitrogen and oxygen atoms in total. The van der Waals surface area contributed by atoms with E-state index in [0.717, 1.165) is 32.7 Å². The fourth-order valence-corrected chi connectivity index (χ4v) is 3.67. The van der Waals surface area contributed by atoms with Crippen molar-refractivity contribution in [2.24, 2.45) is 0 Å². The van der Waals surface area contributed by atoms with E-state index in [1.807, 2.05) is 0 Å². The zero-order valence-corrected chi connectivity index (χ0v) is 11.5. The number of likely N-dealkylation sites (N-methyl/N-ethyl adjacent to an activating group) is 1. The van der Waals surface area contributed by atoms with Gasteiger partial charge in [0.1, 0.15) is 0 Å². The molecule has 3 fully saturated rings. The number of nitrogens with zero attached hydrogens (tertiary/aromatic N) is 1. The van der Waals surface area contributed by atoms with Crippen LogP contribution in [0.2, 0.25) is 0 Å². The molecule has 0 saturated carbocycles. The smallest absolute Gasteiger partial charge is 0.0741 e. The van der Waals surface area contributed by atoms with E-state index in [-0.39, 0.29) is 5.60 Å². The van der Waals surface area contributed by atoms with Gasteiger partial charge in [-0.3, -0.25) is 0 Å². The topological polar surface area (TPSA) is 33.7 Å². The highest BCUT2D eigenvalue weighted by Crippen LogP contribution is 2.34. The van der Waals surface area contributed by atoms with E-state index in [4.69, 9.17) is 9.47 Å². The quantitative estimate of drug-likeness (QED) is 0.797. The molecule has 3 rings (SSSR count). The standard InChI is InChI=1S/C14H26N2O2/c1-16-6-2-13(11-16)15-12-3-7-18-14(10-12)4-8-17-9-5-14/h12-13,15H,2-11H2,1H3. The lowest BCUT2D eigenvalue weighted by atomic mass is 9.84. The molecule has 0 aromatic heterocycles. The molecule has 0 radical (unpaired) electrons. The van der Waals surface area contributed by atoms with Crippen LogP contribution >= 0.6 is 0 Å². The maximum atomic E-state index is 6.09. The van der Waals surface area contributed by atoms with E-state index >= 15 is 0 Å². The second-order valence-electron chi connectivity index (χ2n) is 6.25. The summed E-state index contributed by atoms with van der Waals surface area (Å²) >= 11 is 0. The van der Waals surface area contributed by atoms with Crippen LogP contribution in [-0.4, -0.2) is 62.5 Å². The first-order valence-electron chi connectivity index (χ1n) is 7.42. The van der Waals surface area contributed by atoms with E-state index in [1.54, 1.807) is 0 Å². The van der Waals surface area contributed by atoms with Crippen molar-refractivity contribution in [3.63, 3.8) is 0 Å². The van der Waals surface area contributed by atoms with Crippen molar-refractivity contribution in [3.8, 4) is 0 Å². The lowest BCUT2D eigenvalue weighted by Crippen LogP contribution is -2.52. The fraction of sp³-hybridized carbons (Fsp3) is 1.00. The molecular weight excluding hydrogens is 228 g/mol. The van der Waals surface area contributed by atoms with Crippen LogP contribution in [-0.2, 0) is 9.47 Å². The third-order valence-electron chi connectivity index (χ3n) is 4.76. The third kappa shape index (κ3) is 2.87. The van der Waals surface area contributed by atoms with Gasteiger partial charge in [-0.15, -0.1) is 0 Å². The van der Waals surface area contributed by atoms with Crippen molar-refractivity contribution in [3.05, 3.63) is 0 Å². The second kappa shape index (κ2) is 5.45. The Hall–Kier alpha value is -0.160. The summed E-state index contributed by atoms with van der Waals surface area (Å²) in [5, 5.41) is 3.86. The van der Waals surface area contributed by atoms with Crippen molar-refractivity contribution >= 4 is 0 Å². The van der Waals surface area contributed by atoms with Crippen LogP contribution in [0, 0.1) is 0 Å². The minimum atomic E-state index is 0.124. The molecule has 1 spiro atoms. The number of rotatable bonds is 2. The molecule has 4 heteroatoms. The maximum absolute atomic E-state index is 6.09. The van der Waals surface area contributed by atoms with Gasteiger partial charge in [0.25, 0.3) is 0 Å². The molecule has 1 N–H and O–H groups in total. The van der Waals surface area contributed by atoms with Gasteiger partial charge in [0.2, 0.25) is 0 Å². The monoisotopic (exact) mass is 254 g/mol. The van der Waals surface area contributed by atoms with Crippen molar-refractivity contribution in [2.75, 3.05) is 40.0 Å². The predicted octanol–water partition coefficient (Wildman–Crippen LogP) is 1.01. The molecule has 0 amide bonds. The van der Waals surface area contributed by atoms with Crippen molar-refractivity contribution in [2.45, 2.75) is 49.8 Å². The number of likely N-dealkylation sites (tertiary alicyclic amines) is 1. The summed E-state index contributed by atoms with van der Waals surface area (Å²) in [7, 11) is 2.21. The second-order valence-corrected chi connectivity index (χ2v) is 6.25. The van der Waals surface area contributed by atoms with Crippen LogP contribution in [0.1, 0.15) is 32.1 Å². The summed E-state index contributed by atoms with van der Waals surface area (Å²) < 4.78 is 11.6. The van der Waals surface area contributed by atoms with Gasteiger partial charge in [0.15, 0.2) is 0 Å². The Labute approximate surface area is 110 Å². The highest BCUT2D eigenvalue weighted by Gasteiger charge is 2.39. The van der Waals surface area contributed by atoms with Gasteiger partial charge in [0, 0.05) is 38.4 Å². The maximum Gasteiger partial charge on any atom is 0.0741 e. The van der Waals surface area contributed by atoms with Crippen LogP contribution in [0.3, 0.4) is 0 Å². The SMILES string of the molecule is CN1CCC(NC2CCOC3(CCOCC3)C2)C1. The minimum absolute atomic E-state index is 0.124. The first-order chi connectivity index (χ1) is 8.76. The van der Waals surface area contributed by atoms with E-state index in [2.05, 4.69) is 17.3 Å². The largest absolute Gasteiger partial charge is 0.381 e. The summed E-state index contributed by atoms with van der Waals surface area (Å²) in [5.41, 5.74) is 0.124. The lowest BCUT2D eigenvalue weighted by Gasteiger charge is -2.44. The van der Waals surface area contributed by atoms with Gasteiger partial charge in [0.05, 0.1) is 5.60 Å². The van der Waals surface area contributed by atoms with Gasteiger partial charge >= 0.3 is 0 Å². The Morgan fingerprint density at radius 1 is 1.11 bits per heavy atom. The average Bonchev–Trinajstić information content (AvgIpc) is 2.76. The Morgan fingerprint density at radius 3 is 2.67 bits per heavy atom. The molecule has 0 bridgehead atoms. The lowest BCUT2D eigenvalue weighted by molar-refractivity contribution is -0.140. The molecule has 0 aromatic rings. The minimum Gasteiger partial charge on any atom is -0.381 e. The van der Waals surface area contributed by atoms with Crippen LogP contribution < -0.4 is 5.32 Å². The molecule has 0 aliphatic carbocycles. The van der Waals surface area contributed by atoms with E-state index in [9.17, 15) is 0 Å². The van der Waals surface area contributed by atoms with E-state index < -0.39 is 0 Å². The van der Waals surface area contributed by atoms with Crippen molar-refractivity contribution in [1.82, 2.24) is 10.2 Å². The number of hydrogen-bond acceptors (Lipinski definition) is 4. The molecular formula is C14H26N2O2. The Balaban J connectivity index is 1.53. The summed E-state index contributed by atoms with van der Waals surface area (Å²) in [4.78, 5) is 2.42. The summed E-state index contributed by atoms with van der Waals surface area (Å²) in [6.07, 6.45) is 5.80. The zero-order chi connectivity index (χ0) is 12.4. The number of ether oxygens (including phenoxy) is 2. The van der Waals surface area contributed by atoms with Gasteiger partial charge < -0.3 is 19.7 Å². The average molecular weight is 254 g/mol. The highest BCUT2D eigenvalue weighted by atomic mass is 16.5. The molecule has 3 saturated heterocycles. The normalized spacial score (nSPS) is 37.2. The molecule has 3 heterocycles. The first-order valence-corrected chi connectivity index (χ1v) is 7.42. The Kier molecular flexibility index (Phi) is 3.89. The predicted molar refractivity (Wildman–Crippen MR) is 70.8 cm³/mol. The van der Waals surface area contributed by atoms with Gasteiger partial charge in [-0.25, -0.2) is 0 Å². The Bertz CT molecular complexity index is 273. The van der Waals surface area contributed by atoms with Gasteiger partial charge in [-0.1, -0.05) is 0 Å². The molecule has 104 valence electrons. The molecule has 3 aliphatic rings. The van der Waals surface area contributed by atoms with Gasteiger partial charge in [-0.2, -0.15) is 0 Å². The van der Waals surface area contributed by atoms with E-state index in [0.29, 0.717) is 12.1 Å². The molecule has 0 aromatic carbocycles. The van der Waals surface area contributed by atoms with Crippen LogP contribution in [0.4, 0.5) is 0 Å². The molecule has 18 heavy (non-hydrogen) atoms. The zero-order valence-electron chi connectivity index (χ0n) is 11.5. The number of hydrogen-bond donors (Lipinski definition) is 1. The summed E-state index contributed by atoms with van der Waals surface area (Å²) in [5.74, 6) is 0.